The van der Waals surface area contributed by atoms with Crippen molar-refractivity contribution in [3.63, 3.8) is 0 Å². The first-order valence-corrected chi connectivity index (χ1v) is 8.14. The van der Waals surface area contributed by atoms with Gasteiger partial charge in [-0.2, -0.15) is 0 Å². The third-order valence-corrected chi connectivity index (χ3v) is 4.32. The third kappa shape index (κ3) is 4.15. The molecule has 1 atom stereocenters. The molecule has 2 aromatic rings. The highest BCUT2D eigenvalue weighted by Crippen LogP contribution is 2.33. The Hall–Kier alpha value is -2.33. The molecular formula is C20H26N2O2. The highest BCUT2D eigenvalue weighted by Gasteiger charge is 2.31. The van der Waals surface area contributed by atoms with Crippen molar-refractivity contribution in [3.8, 4) is 0 Å². The molecule has 0 aromatic heterocycles. The number of aliphatic hydroxyl groups is 1. The molecule has 0 fully saturated rings. The molecule has 4 heteroatoms. The number of para-hydroxylation sites is 1. The number of hydrogen-bond acceptors (Lipinski definition) is 2. The monoisotopic (exact) mass is 326 g/mol. The molecule has 0 saturated heterocycles. The van der Waals surface area contributed by atoms with Crippen LogP contribution in [0.4, 0.5) is 10.5 Å². The summed E-state index contributed by atoms with van der Waals surface area (Å²) >= 11 is 0. The fourth-order valence-corrected chi connectivity index (χ4v) is 2.76. The average molecular weight is 326 g/mol. The maximum Gasteiger partial charge on any atom is 0.319 e. The number of carbonyl (C=O) groups is 1. The number of urea groups is 1. The van der Waals surface area contributed by atoms with Crippen LogP contribution in [-0.4, -0.2) is 17.7 Å². The van der Waals surface area contributed by atoms with Gasteiger partial charge in [-0.15, -0.1) is 0 Å². The van der Waals surface area contributed by atoms with Crippen LogP contribution in [0.1, 0.15) is 36.6 Å². The molecular weight excluding hydrogens is 300 g/mol. The van der Waals surface area contributed by atoms with E-state index in [1.165, 1.54) is 0 Å². The SMILES string of the molecule is Cc1cccc(C)c1NC(=O)N[C@@H](c1ccccc1)C(C)(C)CO. The standard InChI is InChI=1S/C20H26N2O2/c1-14-9-8-10-15(2)17(14)21-19(24)22-18(20(3,4)13-23)16-11-6-5-7-12-16/h5-12,18,23H,13H2,1-4H3,(H2,21,22,24)/t18-/m0/s1. The molecule has 0 heterocycles. The molecule has 4 nitrogen and oxygen atoms in total. The second-order valence-electron chi connectivity index (χ2n) is 6.86. The molecule has 0 unspecified atom stereocenters. The van der Waals surface area contributed by atoms with Crippen LogP contribution in [0.2, 0.25) is 0 Å². The van der Waals surface area contributed by atoms with E-state index < -0.39 is 5.41 Å². The van der Waals surface area contributed by atoms with E-state index in [0.717, 1.165) is 22.4 Å². The van der Waals surface area contributed by atoms with Gasteiger partial charge in [-0.3, -0.25) is 0 Å². The quantitative estimate of drug-likeness (QED) is 0.771. The van der Waals surface area contributed by atoms with Crippen LogP contribution in [0.25, 0.3) is 0 Å². The summed E-state index contributed by atoms with van der Waals surface area (Å²) in [6.45, 7) is 7.77. The molecule has 0 bridgehead atoms. The number of hydrogen-bond donors (Lipinski definition) is 3. The van der Waals surface area contributed by atoms with Gasteiger partial charge >= 0.3 is 6.03 Å². The van der Waals surface area contributed by atoms with E-state index >= 15 is 0 Å². The van der Waals surface area contributed by atoms with Crippen LogP contribution in [-0.2, 0) is 0 Å². The molecule has 3 N–H and O–H groups in total. The van der Waals surface area contributed by atoms with Gasteiger partial charge < -0.3 is 15.7 Å². The van der Waals surface area contributed by atoms with Crippen molar-refractivity contribution in [2.24, 2.45) is 5.41 Å². The lowest BCUT2D eigenvalue weighted by Crippen LogP contribution is -2.42. The summed E-state index contributed by atoms with van der Waals surface area (Å²) in [6, 6.07) is 15.0. The van der Waals surface area contributed by atoms with Crippen LogP contribution in [0.5, 0.6) is 0 Å². The minimum Gasteiger partial charge on any atom is -0.396 e. The molecule has 24 heavy (non-hydrogen) atoms. The first-order valence-electron chi connectivity index (χ1n) is 8.14. The van der Waals surface area contributed by atoms with Crippen molar-refractivity contribution in [2.75, 3.05) is 11.9 Å². The maximum atomic E-state index is 12.6. The van der Waals surface area contributed by atoms with E-state index in [-0.39, 0.29) is 18.7 Å². The Balaban J connectivity index is 2.22. The largest absolute Gasteiger partial charge is 0.396 e. The highest BCUT2D eigenvalue weighted by atomic mass is 16.3. The van der Waals surface area contributed by atoms with Gasteiger partial charge in [0.15, 0.2) is 0 Å². The van der Waals surface area contributed by atoms with Crippen LogP contribution < -0.4 is 10.6 Å². The van der Waals surface area contributed by atoms with Gasteiger partial charge in [0.25, 0.3) is 0 Å². The van der Waals surface area contributed by atoms with Crippen LogP contribution in [0.3, 0.4) is 0 Å². The Labute approximate surface area is 143 Å². The Morgan fingerprint density at radius 1 is 1.04 bits per heavy atom. The lowest BCUT2D eigenvalue weighted by Gasteiger charge is -2.33. The molecule has 2 rings (SSSR count). The molecule has 0 aliphatic carbocycles. The zero-order valence-electron chi connectivity index (χ0n) is 14.8. The summed E-state index contributed by atoms with van der Waals surface area (Å²) in [7, 11) is 0. The van der Waals surface area contributed by atoms with Gasteiger partial charge in [0.1, 0.15) is 0 Å². The van der Waals surface area contributed by atoms with Crippen molar-refractivity contribution >= 4 is 11.7 Å². The van der Waals surface area contributed by atoms with Crippen molar-refractivity contribution in [1.29, 1.82) is 0 Å². The predicted octanol–water partition coefficient (Wildman–Crippen LogP) is 4.18. The van der Waals surface area contributed by atoms with Gasteiger partial charge in [-0.05, 0) is 30.5 Å². The van der Waals surface area contributed by atoms with Gasteiger partial charge in [0.05, 0.1) is 12.6 Å². The van der Waals surface area contributed by atoms with E-state index in [1.54, 1.807) is 0 Å². The van der Waals surface area contributed by atoms with Crippen molar-refractivity contribution in [1.82, 2.24) is 5.32 Å². The minimum absolute atomic E-state index is 0.0315. The molecule has 0 aliphatic rings. The summed E-state index contributed by atoms with van der Waals surface area (Å²) in [5.74, 6) is 0. The molecule has 0 aliphatic heterocycles. The molecule has 128 valence electrons. The molecule has 0 spiro atoms. The first kappa shape index (κ1) is 18.0. The zero-order chi connectivity index (χ0) is 17.7. The number of rotatable bonds is 5. The second-order valence-corrected chi connectivity index (χ2v) is 6.86. The lowest BCUT2D eigenvalue weighted by molar-refractivity contribution is 0.119. The number of anilines is 1. The molecule has 2 aromatic carbocycles. The Bertz CT molecular complexity index is 676. The Morgan fingerprint density at radius 2 is 1.62 bits per heavy atom. The lowest BCUT2D eigenvalue weighted by atomic mass is 9.81. The minimum atomic E-state index is -0.487. The zero-order valence-corrected chi connectivity index (χ0v) is 14.8. The number of aryl methyl sites for hydroxylation is 2. The van der Waals surface area contributed by atoms with E-state index in [1.807, 2.05) is 76.2 Å². The van der Waals surface area contributed by atoms with Gasteiger partial charge in [0.2, 0.25) is 0 Å². The number of aliphatic hydroxyl groups excluding tert-OH is 1. The van der Waals surface area contributed by atoms with Crippen molar-refractivity contribution < 1.29 is 9.90 Å². The Morgan fingerprint density at radius 3 is 2.17 bits per heavy atom. The fourth-order valence-electron chi connectivity index (χ4n) is 2.76. The topological polar surface area (TPSA) is 61.4 Å². The van der Waals surface area contributed by atoms with E-state index in [0.29, 0.717) is 0 Å². The number of nitrogens with one attached hydrogen (secondary N) is 2. The van der Waals surface area contributed by atoms with E-state index in [4.69, 9.17) is 0 Å². The summed E-state index contributed by atoms with van der Waals surface area (Å²) in [5.41, 5.74) is 3.34. The molecule has 0 saturated carbocycles. The normalized spacial score (nSPS) is 12.5. The Kier molecular flexibility index (Phi) is 5.62. The third-order valence-electron chi connectivity index (χ3n) is 4.32. The van der Waals surface area contributed by atoms with Crippen molar-refractivity contribution in [3.05, 3.63) is 65.2 Å². The molecule has 0 radical (unpaired) electrons. The van der Waals surface area contributed by atoms with Gasteiger partial charge in [0, 0.05) is 11.1 Å². The summed E-state index contributed by atoms with van der Waals surface area (Å²) in [4.78, 5) is 12.6. The number of carbonyl (C=O) groups excluding carboxylic acids is 1. The summed E-state index contributed by atoms with van der Waals surface area (Å²) < 4.78 is 0. The van der Waals surface area contributed by atoms with Crippen LogP contribution >= 0.6 is 0 Å². The fraction of sp³-hybridized carbons (Fsp3) is 0.350. The second kappa shape index (κ2) is 7.49. The molecule has 2 amide bonds. The van der Waals surface area contributed by atoms with Gasteiger partial charge in [-0.1, -0.05) is 62.4 Å². The highest BCUT2D eigenvalue weighted by molar-refractivity contribution is 5.91. The van der Waals surface area contributed by atoms with Gasteiger partial charge in [-0.25, -0.2) is 4.79 Å². The predicted molar refractivity (Wildman–Crippen MR) is 98.1 cm³/mol. The smallest absolute Gasteiger partial charge is 0.319 e. The van der Waals surface area contributed by atoms with Crippen molar-refractivity contribution in [2.45, 2.75) is 33.7 Å². The summed E-state index contributed by atoms with van der Waals surface area (Å²) in [5, 5.41) is 15.7. The average Bonchev–Trinajstić information content (AvgIpc) is 2.57. The number of amides is 2. The summed E-state index contributed by atoms with van der Waals surface area (Å²) in [6.07, 6.45) is 0. The van der Waals surface area contributed by atoms with E-state index in [9.17, 15) is 9.90 Å². The van der Waals surface area contributed by atoms with E-state index in [2.05, 4.69) is 10.6 Å². The van der Waals surface area contributed by atoms with Crippen LogP contribution in [0.15, 0.2) is 48.5 Å². The van der Waals surface area contributed by atoms with Crippen LogP contribution in [0, 0.1) is 19.3 Å². The number of benzene rings is 2. The first-order chi connectivity index (χ1) is 11.3. The maximum absolute atomic E-state index is 12.6.